The minimum Gasteiger partial charge on any atom is -0.341 e. The molecule has 1 amide bonds. The molecule has 1 saturated heterocycles. The molecule has 1 aromatic carbocycles. The van der Waals surface area contributed by atoms with E-state index in [0.29, 0.717) is 0 Å². The maximum absolute atomic E-state index is 11.9. The summed E-state index contributed by atoms with van der Waals surface area (Å²) in [7, 11) is 1.84. The average Bonchev–Trinajstić information content (AvgIpc) is 2.69. The Morgan fingerprint density at radius 3 is 2.71 bits per heavy atom. The fourth-order valence-electron chi connectivity index (χ4n) is 2.14. The Hall–Kier alpha value is -1.06. The van der Waals surface area contributed by atoms with Gasteiger partial charge in [0, 0.05) is 18.1 Å². The molecule has 3 nitrogen and oxygen atoms in total. The largest absolute Gasteiger partial charge is 0.341 e. The van der Waals surface area contributed by atoms with E-state index in [1.54, 1.807) is 0 Å². The van der Waals surface area contributed by atoms with Gasteiger partial charge in [-0.25, -0.2) is 0 Å². The second-order valence-corrected chi connectivity index (χ2v) is 4.77. The van der Waals surface area contributed by atoms with Crippen molar-refractivity contribution in [1.29, 1.82) is 0 Å². The fraction of sp³-hybridized carbons (Fsp3) is 0.462. The number of carbonyl (C=O) groups excluding carboxylic acids is 1. The Kier molecular flexibility index (Phi) is 4.02. The third kappa shape index (κ3) is 2.99. The normalized spacial score (nSPS) is 20.0. The summed E-state index contributed by atoms with van der Waals surface area (Å²) in [5, 5.41) is 3.79. The summed E-state index contributed by atoms with van der Waals surface area (Å²) in [4.78, 5) is 13.8. The predicted molar refractivity (Wildman–Crippen MR) is 69.2 cm³/mol. The quantitative estimate of drug-likeness (QED) is 0.885. The lowest BCUT2D eigenvalue weighted by atomic mass is 10.1. The molecule has 0 aliphatic carbocycles. The highest BCUT2D eigenvalue weighted by molar-refractivity contribution is 6.30. The monoisotopic (exact) mass is 252 g/mol. The number of nitrogens with one attached hydrogen (secondary N) is 1. The Labute approximate surface area is 107 Å². The molecule has 1 unspecified atom stereocenters. The summed E-state index contributed by atoms with van der Waals surface area (Å²) in [5.74, 6) is 0.224. The smallest absolute Gasteiger partial charge is 0.239 e. The maximum atomic E-state index is 11.9. The molecule has 0 radical (unpaired) electrons. The lowest BCUT2D eigenvalue weighted by molar-refractivity contribution is -0.129. The van der Waals surface area contributed by atoms with E-state index in [0.717, 1.165) is 31.0 Å². The number of likely N-dealkylation sites (tertiary alicyclic amines) is 1. The van der Waals surface area contributed by atoms with Crippen LogP contribution in [0.4, 0.5) is 0 Å². The Balaban J connectivity index is 1.87. The van der Waals surface area contributed by atoms with Crippen LogP contribution in [0.1, 0.15) is 12.0 Å². The third-order valence-electron chi connectivity index (χ3n) is 3.23. The first kappa shape index (κ1) is 12.4. The molecule has 0 aromatic heterocycles. The average molecular weight is 253 g/mol. The van der Waals surface area contributed by atoms with Crippen LogP contribution in [0.15, 0.2) is 24.3 Å². The molecule has 4 heteroatoms. The van der Waals surface area contributed by atoms with Crippen molar-refractivity contribution in [2.24, 2.45) is 0 Å². The predicted octanol–water partition coefficient (Wildman–Crippen LogP) is 1.70. The minimum atomic E-state index is 0.0141. The number of halogens is 1. The van der Waals surface area contributed by atoms with Gasteiger partial charge >= 0.3 is 0 Å². The van der Waals surface area contributed by atoms with Crippen LogP contribution in [-0.4, -0.2) is 37.0 Å². The molecule has 1 fully saturated rings. The van der Waals surface area contributed by atoms with Crippen LogP contribution in [0.2, 0.25) is 5.02 Å². The van der Waals surface area contributed by atoms with Gasteiger partial charge in [-0.15, -0.1) is 0 Å². The van der Waals surface area contributed by atoms with Crippen molar-refractivity contribution < 1.29 is 4.79 Å². The van der Waals surface area contributed by atoms with Crippen molar-refractivity contribution in [3.8, 4) is 0 Å². The van der Waals surface area contributed by atoms with Gasteiger partial charge in [-0.1, -0.05) is 23.7 Å². The molecule has 0 bridgehead atoms. The van der Waals surface area contributed by atoms with Gasteiger partial charge in [0.1, 0.15) is 0 Å². The van der Waals surface area contributed by atoms with E-state index in [1.807, 2.05) is 36.2 Å². The van der Waals surface area contributed by atoms with E-state index < -0.39 is 0 Å². The number of nitrogens with zero attached hydrogens (tertiary/aromatic N) is 1. The molecule has 17 heavy (non-hydrogen) atoms. The minimum absolute atomic E-state index is 0.0141. The standard InChI is InChI=1S/C13H17ClN2O/c1-15-12-7-9-16(13(12)17)8-6-10-2-4-11(14)5-3-10/h2-5,12,15H,6-9H2,1H3. The highest BCUT2D eigenvalue weighted by atomic mass is 35.5. The molecule has 1 aliphatic heterocycles. The van der Waals surface area contributed by atoms with E-state index >= 15 is 0 Å². The van der Waals surface area contributed by atoms with Gasteiger partial charge in [0.15, 0.2) is 0 Å². The number of rotatable bonds is 4. The molecule has 0 spiro atoms. The lowest BCUT2D eigenvalue weighted by Gasteiger charge is -2.16. The summed E-state index contributed by atoms with van der Waals surface area (Å²) in [5.41, 5.74) is 1.22. The zero-order chi connectivity index (χ0) is 12.3. The maximum Gasteiger partial charge on any atom is 0.239 e. The van der Waals surface area contributed by atoms with E-state index in [2.05, 4.69) is 5.32 Å². The Morgan fingerprint density at radius 2 is 2.12 bits per heavy atom. The first-order valence-corrected chi connectivity index (χ1v) is 6.29. The zero-order valence-corrected chi connectivity index (χ0v) is 10.7. The van der Waals surface area contributed by atoms with Crippen LogP contribution in [0, 0.1) is 0 Å². The molecular formula is C13H17ClN2O. The van der Waals surface area contributed by atoms with Gasteiger partial charge < -0.3 is 10.2 Å². The molecule has 1 atom stereocenters. The van der Waals surface area contributed by atoms with Crippen molar-refractivity contribution in [2.75, 3.05) is 20.1 Å². The van der Waals surface area contributed by atoms with Crippen LogP contribution in [-0.2, 0) is 11.2 Å². The van der Waals surface area contributed by atoms with Crippen LogP contribution < -0.4 is 5.32 Å². The molecule has 1 heterocycles. The number of hydrogen-bond donors (Lipinski definition) is 1. The van der Waals surface area contributed by atoms with Crippen molar-refractivity contribution in [3.05, 3.63) is 34.9 Å². The molecule has 1 aliphatic rings. The number of carbonyl (C=O) groups is 1. The van der Waals surface area contributed by atoms with Crippen LogP contribution in [0.3, 0.4) is 0 Å². The summed E-state index contributed by atoms with van der Waals surface area (Å²) >= 11 is 5.83. The summed E-state index contributed by atoms with van der Waals surface area (Å²) in [6, 6.07) is 7.81. The Bertz CT molecular complexity index is 391. The fourth-order valence-corrected chi connectivity index (χ4v) is 2.27. The molecule has 2 rings (SSSR count). The SMILES string of the molecule is CNC1CCN(CCc2ccc(Cl)cc2)C1=O. The first-order valence-electron chi connectivity index (χ1n) is 5.91. The van der Waals surface area contributed by atoms with Gasteiger partial charge in [-0.3, -0.25) is 4.79 Å². The summed E-state index contributed by atoms with van der Waals surface area (Å²) in [6.45, 7) is 1.65. The van der Waals surface area contributed by atoms with Crippen LogP contribution in [0.5, 0.6) is 0 Å². The van der Waals surface area contributed by atoms with Crippen molar-refractivity contribution in [1.82, 2.24) is 10.2 Å². The summed E-state index contributed by atoms with van der Waals surface area (Å²) < 4.78 is 0. The number of likely N-dealkylation sites (N-methyl/N-ethyl adjacent to an activating group) is 1. The summed E-state index contributed by atoms with van der Waals surface area (Å²) in [6.07, 6.45) is 1.80. The van der Waals surface area contributed by atoms with Crippen molar-refractivity contribution in [3.63, 3.8) is 0 Å². The zero-order valence-electron chi connectivity index (χ0n) is 9.95. The van der Waals surface area contributed by atoms with Gasteiger partial charge in [0.25, 0.3) is 0 Å². The van der Waals surface area contributed by atoms with Gasteiger partial charge in [0.05, 0.1) is 6.04 Å². The van der Waals surface area contributed by atoms with Gasteiger partial charge in [-0.2, -0.15) is 0 Å². The van der Waals surface area contributed by atoms with Crippen LogP contribution in [0.25, 0.3) is 0 Å². The number of benzene rings is 1. The van der Waals surface area contributed by atoms with E-state index in [1.165, 1.54) is 5.56 Å². The molecule has 1 N–H and O–H groups in total. The molecule has 1 aromatic rings. The van der Waals surface area contributed by atoms with Crippen LogP contribution >= 0.6 is 11.6 Å². The van der Waals surface area contributed by atoms with Gasteiger partial charge in [-0.05, 0) is 37.6 Å². The molecular weight excluding hydrogens is 236 g/mol. The lowest BCUT2D eigenvalue weighted by Crippen LogP contribution is -2.37. The highest BCUT2D eigenvalue weighted by Gasteiger charge is 2.29. The van der Waals surface area contributed by atoms with Crippen molar-refractivity contribution >= 4 is 17.5 Å². The second kappa shape index (κ2) is 5.52. The molecule has 0 saturated carbocycles. The number of amides is 1. The topological polar surface area (TPSA) is 32.3 Å². The second-order valence-electron chi connectivity index (χ2n) is 4.33. The molecule has 92 valence electrons. The van der Waals surface area contributed by atoms with Gasteiger partial charge in [0.2, 0.25) is 5.91 Å². The third-order valence-corrected chi connectivity index (χ3v) is 3.48. The Morgan fingerprint density at radius 1 is 1.41 bits per heavy atom. The van der Waals surface area contributed by atoms with E-state index in [4.69, 9.17) is 11.6 Å². The van der Waals surface area contributed by atoms with E-state index in [9.17, 15) is 4.79 Å². The van der Waals surface area contributed by atoms with E-state index in [-0.39, 0.29) is 11.9 Å². The number of hydrogen-bond acceptors (Lipinski definition) is 2. The first-order chi connectivity index (χ1) is 8.20. The van der Waals surface area contributed by atoms with Crippen molar-refractivity contribution in [2.45, 2.75) is 18.9 Å². The highest BCUT2D eigenvalue weighted by Crippen LogP contribution is 2.13.